The maximum Gasteiger partial charge on any atom is 0.136 e. The van der Waals surface area contributed by atoms with E-state index in [0.29, 0.717) is 4.90 Å². The first-order valence-corrected chi connectivity index (χ1v) is 4.00. The molecule has 0 fully saturated rings. The Labute approximate surface area is 73.0 Å². The van der Waals surface area contributed by atoms with E-state index in [0.717, 1.165) is 10.0 Å². The minimum atomic E-state index is -0.274. The van der Waals surface area contributed by atoms with Gasteiger partial charge in [-0.25, -0.2) is 4.39 Å². The maximum atomic E-state index is 12.7. The number of aryl methyl sites for hydroxylation is 1. The summed E-state index contributed by atoms with van der Waals surface area (Å²) in [5.74, 6) is -0.274. The highest BCUT2D eigenvalue weighted by Crippen LogP contribution is 2.22. The molecule has 0 aliphatic heterocycles. The fraction of sp³-hybridized carbons (Fsp3) is 0.143. The second kappa shape index (κ2) is 2.93. The predicted molar refractivity (Wildman–Crippen MR) is 46.1 cm³/mol. The van der Waals surface area contributed by atoms with Crippen molar-refractivity contribution < 1.29 is 4.39 Å². The monoisotopic (exact) mass is 220 g/mol. The molecule has 0 saturated carbocycles. The molecule has 0 saturated heterocycles. The second-order valence-electron chi connectivity index (χ2n) is 2.05. The first-order chi connectivity index (χ1) is 4.61. The number of hydrogen-bond acceptors (Lipinski definition) is 1. The molecule has 0 spiro atoms. The molecule has 1 aromatic carbocycles. The molecule has 3 heteroatoms. The number of benzene rings is 1. The van der Waals surface area contributed by atoms with Gasteiger partial charge in [0.1, 0.15) is 5.82 Å². The van der Waals surface area contributed by atoms with Gasteiger partial charge in [-0.1, -0.05) is 15.9 Å². The van der Waals surface area contributed by atoms with Gasteiger partial charge in [-0.05, 0) is 24.6 Å². The van der Waals surface area contributed by atoms with Gasteiger partial charge in [0.05, 0.1) is 0 Å². The summed E-state index contributed by atoms with van der Waals surface area (Å²) in [6.07, 6.45) is 0. The molecule has 0 unspecified atom stereocenters. The summed E-state index contributed by atoms with van der Waals surface area (Å²) in [6, 6.07) is 3.10. The van der Waals surface area contributed by atoms with Crippen molar-refractivity contribution in [2.24, 2.45) is 0 Å². The van der Waals surface area contributed by atoms with Crippen LogP contribution in [0.5, 0.6) is 0 Å². The highest BCUT2D eigenvalue weighted by molar-refractivity contribution is 9.10. The molecule has 0 N–H and O–H groups in total. The molecule has 0 radical (unpaired) electrons. The number of thiol groups is 1. The van der Waals surface area contributed by atoms with Gasteiger partial charge in [0.15, 0.2) is 0 Å². The van der Waals surface area contributed by atoms with Gasteiger partial charge in [-0.3, -0.25) is 0 Å². The van der Waals surface area contributed by atoms with Crippen molar-refractivity contribution in [3.8, 4) is 0 Å². The normalized spacial score (nSPS) is 10.0. The SMILES string of the molecule is Cc1cc(F)c(S)cc1Br. The number of halogens is 2. The highest BCUT2D eigenvalue weighted by Gasteiger charge is 2.00. The van der Waals surface area contributed by atoms with Crippen LogP contribution in [0.2, 0.25) is 0 Å². The molecule has 0 heterocycles. The standard InChI is InChI=1S/C7H6BrFS/c1-4-2-6(9)7(10)3-5(4)8/h2-3,10H,1H3. The summed E-state index contributed by atoms with van der Waals surface area (Å²) in [5.41, 5.74) is 0.885. The molecule has 0 aliphatic rings. The van der Waals surface area contributed by atoms with E-state index >= 15 is 0 Å². The van der Waals surface area contributed by atoms with Crippen LogP contribution in [0, 0.1) is 12.7 Å². The van der Waals surface area contributed by atoms with Crippen LogP contribution in [0.4, 0.5) is 4.39 Å². The summed E-state index contributed by atoms with van der Waals surface area (Å²) in [6.45, 7) is 1.83. The van der Waals surface area contributed by atoms with Crippen LogP contribution in [0.25, 0.3) is 0 Å². The molecule has 0 bridgehead atoms. The summed E-state index contributed by atoms with van der Waals surface area (Å²) >= 11 is 7.17. The number of hydrogen-bond donors (Lipinski definition) is 1. The fourth-order valence-corrected chi connectivity index (χ4v) is 1.35. The molecule has 1 rings (SSSR count). The van der Waals surface area contributed by atoms with Gasteiger partial charge in [-0.15, -0.1) is 12.6 Å². The minimum absolute atomic E-state index is 0.274. The van der Waals surface area contributed by atoms with Crippen LogP contribution in [0.1, 0.15) is 5.56 Å². The topological polar surface area (TPSA) is 0 Å². The molecule has 0 amide bonds. The third kappa shape index (κ3) is 1.52. The smallest absolute Gasteiger partial charge is 0.136 e. The van der Waals surface area contributed by atoms with Crippen LogP contribution in [0.3, 0.4) is 0 Å². The van der Waals surface area contributed by atoms with Gasteiger partial charge in [0.2, 0.25) is 0 Å². The van der Waals surface area contributed by atoms with Gasteiger partial charge in [-0.2, -0.15) is 0 Å². The van der Waals surface area contributed by atoms with Crippen molar-refractivity contribution in [3.05, 3.63) is 28.0 Å². The van der Waals surface area contributed by atoms with Gasteiger partial charge in [0.25, 0.3) is 0 Å². The third-order valence-corrected chi connectivity index (χ3v) is 2.43. The van der Waals surface area contributed by atoms with Crippen molar-refractivity contribution in [2.75, 3.05) is 0 Å². The second-order valence-corrected chi connectivity index (χ2v) is 3.39. The lowest BCUT2D eigenvalue weighted by Crippen LogP contribution is -1.81. The Bertz CT molecular complexity index is 210. The Morgan fingerprint density at radius 1 is 1.50 bits per heavy atom. The first kappa shape index (κ1) is 8.08. The van der Waals surface area contributed by atoms with E-state index in [9.17, 15) is 4.39 Å². The quantitative estimate of drug-likeness (QED) is 0.639. The lowest BCUT2D eigenvalue weighted by Gasteiger charge is -1.99. The minimum Gasteiger partial charge on any atom is -0.206 e. The molecule has 1 aromatic rings. The Morgan fingerprint density at radius 3 is 2.60 bits per heavy atom. The molecule has 0 nitrogen and oxygen atoms in total. The molecule has 0 aromatic heterocycles. The van der Waals surface area contributed by atoms with E-state index in [4.69, 9.17) is 0 Å². The van der Waals surface area contributed by atoms with Gasteiger partial charge in [0, 0.05) is 9.37 Å². The highest BCUT2D eigenvalue weighted by atomic mass is 79.9. The van der Waals surface area contributed by atoms with Crippen molar-refractivity contribution in [2.45, 2.75) is 11.8 Å². The molecule has 10 heavy (non-hydrogen) atoms. The van der Waals surface area contributed by atoms with Crippen LogP contribution in [-0.2, 0) is 0 Å². The third-order valence-electron chi connectivity index (χ3n) is 1.23. The average Bonchev–Trinajstić information content (AvgIpc) is 1.84. The van der Waals surface area contributed by atoms with E-state index < -0.39 is 0 Å². The van der Waals surface area contributed by atoms with Crippen LogP contribution in [0.15, 0.2) is 21.5 Å². The fourth-order valence-electron chi connectivity index (χ4n) is 0.636. The Hall–Kier alpha value is -0.0200. The Kier molecular flexibility index (Phi) is 2.36. The average molecular weight is 221 g/mol. The van der Waals surface area contributed by atoms with Crippen molar-refractivity contribution >= 4 is 28.6 Å². The zero-order chi connectivity index (χ0) is 7.72. The summed E-state index contributed by atoms with van der Waals surface area (Å²) in [4.78, 5) is 0.373. The Balaban J connectivity index is 3.28. The zero-order valence-electron chi connectivity index (χ0n) is 5.36. The van der Waals surface area contributed by atoms with E-state index in [1.807, 2.05) is 6.92 Å². The molecular weight excluding hydrogens is 215 g/mol. The van der Waals surface area contributed by atoms with Gasteiger partial charge >= 0.3 is 0 Å². The zero-order valence-corrected chi connectivity index (χ0v) is 7.84. The van der Waals surface area contributed by atoms with Crippen molar-refractivity contribution in [1.82, 2.24) is 0 Å². The van der Waals surface area contributed by atoms with Gasteiger partial charge < -0.3 is 0 Å². The number of rotatable bonds is 0. The van der Waals surface area contributed by atoms with Crippen molar-refractivity contribution in [1.29, 1.82) is 0 Å². The molecular formula is C7H6BrFS. The van der Waals surface area contributed by atoms with Crippen LogP contribution >= 0.6 is 28.6 Å². The molecule has 54 valence electrons. The molecule has 0 atom stereocenters. The van der Waals surface area contributed by atoms with Crippen molar-refractivity contribution in [3.63, 3.8) is 0 Å². The van der Waals surface area contributed by atoms with E-state index in [1.165, 1.54) is 6.07 Å². The summed E-state index contributed by atoms with van der Waals surface area (Å²) in [7, 11) is 0. The summed E-state index contributed by atoms with van der Waals surface area (Å²) in [5, 5.41) is 0. The van der Waals surface area contributed by atoms with E-state index in [2.05, 4.69) is 28.6 Å². The van der Waals surface area contributed by atoms with E-state index in [1.54, 1.807) is 6.07 Å². The first-order valence-electron chi connectivity index (χ1n) is 2.76. The lowest BCUT2D eigenvalue weighted by atomic mass is 10.2. The van der Waals surface area contributed by atoms with Crippen LogP contribution in [-0.4, -0.2) is 0 Å². The summed E-state index contributed by atoms with van der Waals surface area (Å²) < 4.78 is 13.6. The molecule has 0 aliphatic carbocycles. The Morgan fingerprint density at radius 2 is 2.10 bits per heavy atom. The maximum absolute atomic E-state index is 12.7. The van der Waals surface area contributed by atoms with Crippen LogP contribution < -0.4 is 0 Å². The lowest BCUT2D eigenvalue weighted by molar-refractivity contribution is 0.601. The predicted octanol–water partition coefficient (Wildman–Crippen LogP) is 3.19. The van der Waals surface area contributed by atoms with E-state index in [-0.39, 0.29) is 5.82 Å². The largest absolute Gasteiger partial charge is 0.206 e.